The number of ether oxygens (including phenoxy) is 1. The third kappa shape index (κ3) is 2.67. The van der Waals surface area contributed by atoms with Gasteiger partial charge in [0.25, 0.3) is 0 Å². The second-order valence-electron chi connectivity index (χ2n) is 4.67. The summed E-state index contributed by atoms with van der Waals surface area (Å²) in [6.45, 7) is 2.80. The zero-order chi connectivity index (χ0) is 12.5. The fourth-order valence-electron chi connectivity index (χ4n) is 2.33. The molecular formula is C13H15BrClFO. The van der Waals surface area contributed by atoms with E-state index in [0.717, 1.165) is 18.4 Å². The highest BCUT2D eigenvalue weighted by atomic mass is 79.9. The molecule has 1 heterocycles. The van der Waals surface area contributed by atoms with Crippen LogP contribution in [-0.2, 0) is 11.2 Å². The van der Waals surface area contributed by atoms with E-state index in [9.17, 15) is 4.39 Å². The predicted molar refractivity (Wildman–Crippen MR) is 71.4 cm³/mol. The standard InChI is InChI=1S/C13H15BrClFO/c1-9-13(8-14,4-5-17-9)7-10-6-11(15)2-3-12(10)16/h2-3,6,9H,4-5,7-8H2,1H3. The summed E-state index contributed by atoms with van der Waals surface area (Å²) in [5.41, 5.74) is 0.653. The minimum atomic E-state index is -0.186. The molecule has 0 bridgehead atoms. The van der Waals surface area contributed by atoms with Crippen molar-refractivity contribution in [2.24, 2.45) is 5.41 Å². The van der Waals surface area contributed by atoms with Crippen LogP contribution < -0.4 is 0 Å². The van der Waals surface area contributed by atoms with Crippen molar-refractivity contribution in [2.45, 2.75) is 25.9 Å². The smallest absolute Gasteiger partial charge is 0.126 e. The van der Waals surface area contributed by atoms with Gasteiger partial charge in [0, 0.05) is 22.4 Å². The van der Waals surface area contributed by atoms with E-state index in [1.807, 2.05) is 0 Å². The highest BCUT2D eigenvalue weighted by molar-refractivity contribution is 9.09. The van der Waals surface area contributed by atoms with Gasteiger partial charge in [-0.05, 0) is 43.5 Å². The first-order chi connectivity index (χ1) is 8.07. The van der Waals surface area contributed by atoms with Gasteiger partial charge in [-0.1, -0.05) is 27.5 Å². The van der Waals surface area contributed by atoms with Crippen LogP contribution >= 0.6 is 27.5 Å². The third-order valence-electron chi connectivity index (χ3n) is 3.65. The van der Waals surface area contributed by atoms with Gasteiger partial charge in [0.05, 0.1) is 6.10 Å². The van der Waals surface area contributed by atoms with Crippen molar-refractivity contribution in [2.75, 3.05) is 11.9 Å². The molecule has 0 aromatic heterocycles. The Morgan fingerprint density at radius 1 is 1.59 bits per heavy atom. The van der Waals surface area contributed by atoms with Crippen LogP contribution in [-0.4, -0.2) is 18.0 Å². The van der Waals surface area contributed by atoms with Crippen LogP contribution in [0.25, 0.3) is 0 Å². The lowest BCUT2D eigenvalue weighted by atomic mass is 9.78. The van der Waals surface area contributed by atoms with Crippen LogP contribution in [0.15, 0.2) is 18.2 Å². The Hall–Kier alpha value is -0.120. The maximum absolute atomic E-state index is 13.7. The SMILES string of the molecule is CC1OCCC1(CBr)Cc1cc(Cl)ccc1F. The van der Waals surface area contributed by atoms with Crippen molar-refractivity contribution in [1.29, 1.82) is 0 Å². The zero-order valence-electron chi connectivity index (χ0n) is 9.68. The lowest BCUT2D eigenvalue weighted by Crippen LogP contribution is -2.33. The number of hydrogen-bond acceptors (Lipinski definition) is 1. The molecule has 94 valence electrons. The third-order valence-corrected chi connectivity index (χ3v) is 5.00. The summed E-state index contributed by atoms with van der Waals surface area (Å²) < 4.78 is 19.4. The summed E-state index contributed by atoms with van der Waals surface area (Å²) in [5, 5.41) is 1.39. The molecule has 0 saturated carbocycles. The van der Waals surface area contributed by atoms with Crippen molar-refractivity contribution < 1.29 is 9.13 Å². The van der Waals surface area contributed by atoms with Crippen LogP contribution in [0.1, 0.15) is 18.9 Å². The quantitative estimate of drug-likeness (QED) is 0.758. The average Bonchev–Trinajstić information content (AvgIpc) is 2.66. The Bertz CT molecular complexity index is 412. The molecule has 0 aliphatic carbocycles. The number of halogens is 3. The fraction of sp³-hybridized carbons (Fsp3) is 0.538. The van der Waals surface area contributed by atoms with Crippen LogP contribution in [0.5, 0.6) is 0 Å². The van der Waals surface area contributed by atoms with Gasteiger partial charge in [-0.2, -0.15) is 0 Å². The number of alkyl halides is 1. The lowest BCUT2D eigenvalue weighted by molar-refractivity contribution is 0.0743. The number of benzene rings is 1. The van der Waals surface area contributed by atoms with Crippen LogP contribution in [0.2, 0.25) is 5.02 Å². The second-order valence-corrected chi connectivity index (χ2v) is 5.67. The topological polar surface area (TPSA) is 9.23 Å². The highest BCUT2D eigenvalue weighted by Crippen LogP contribution is 2.40. The van der Waals surface area contributed by atoms with Gasteiger partial charge < -0.3 is 4.74 Å². The van der Waals surface area contributed by atoms with Crippen molar-refractivity contribution in [3.8, 4) is 0 Å². The number of hydrogen-bond donors (Lipinski definition) is 0. The Kier molecular flexibility index (Phi) is 4.11. The molecule has 0 radical (unpaired) electrons. The molecule has 2 unspecified atom stereocenters. The van der Waals surface area contributed by atoms with Crippen molar-refractivity contribution >= 4 is 27.5 Å². The molecule has 1 fully saturated rings. The van der Waals surface area contributed by atoms with Gasteiger partial charge in [0.1, 0.15) is 5.82 Å². The van der Waals surface area contributed by atoms with Gasteiger partial charge in [-0.15, -0.1) is 0 Å². The van der Waals surface area contributed by atoms with Gasteiger partial charge >= 0.3 is 0 Å². The van der Waals surface area contributed by atoms with E-state index in [4.69, 9.17) is 16.3 Å². The van der Waals surface area contributed by atoms with Crippen molar-refractivity contribution in [3.05, 3.63) is 34.6 Å². The molecule has 0 N–H and O–H groups in total. The zero-order valence-corrected chi connectivity index (χ0v) is 12.0. The molecule has 2 atom stereocenters. The normalized spacial score (nSPS) is 28.6. The summed E-state index contributed by atoms with van der Waals surface area (Å²) in [7, 11) is 0. The summed E-state index contributed by atoms with van der Waals surface area (Å²) >= 11 is 9.46. The van der Waals surface area contributed by atoms with E-state index in [2.05, 4.69) is 22.9 Å². The predicted octanol–water partition coefficient (Wildman–Crippen LogP) is 4.21. The van der Waals surface area contributed by atoms with E-state index >= 15 is 0 Å². The minimum absolute atomic E-state index is 0.0223. The van der Waals surface area contributed by atoms with Gasteiger partial charge in [-0.25, -0.2) is 4.39 Å². The van der Waals surface area contributed by atoms with E-state index in [1.165, 1.54) is 6.07 Å². The van der Waals surface area contributed by atoms with Crippen LogP contribution in [0, 0.1) is 11.2 Å². The molecule has 1 aliphatic heterocycles. The lowest BCUT2D eigenvalue weighted by Gasteiger charge is -2.30. The molecule has 1 aromatic rings. The van der Waals surface area contributed by atoms with Crippen LogP contribution in [0.3, 0.4) is 0 Å². The second kappa shape index (κ2) is 5.25. The van der Waals surface area contributed by atoms with Crippen LogP contribution in [0.4, 0.5) is 4.39 Å². The molecule has 0 spiro atoms. The Morgan fingerprint density at radius 3 is 2.94 bits per heavy atom. The molecule has 1 aliphatic rings. The molecule has 4 heteroatoms. The summed E-state index contributed by atoms with van der Waals surface area (Å²) in [4.78, 5) is 0. The van der Waals surface area contributed by atoms with E-state index < -0.39 is 0 Å². The molecule has 1 saturated heterocycles. The molecular weight excluding hydrogens is 306 g/mol. The van der Waals surface area contributed by atoms with Gasteiger partial charge in [0.15, 0.2) is 0 Å². The molecule has 0 amide bonds. The van der Waals surface area contributed by atoms with Crippen molar-refractivity contribution in [1.82, 2.24) is 0 Å². The first-order valence-electron chi connectivity index (χ1n) is 5.69. The van der Waals surface area contributed by atoms with E-state index in [1.54, 1.807) is 12.1 Å². The fourth-order valence-corrected chi connectivity index (χ4v) is 3.46. The maximum atomic E-state index is 13.7. The Labute approximate surface area is 114 Å². The molecule has 1 aromatic carbocycles. The van der Waals surface area contributed by atoms with E-state index in [-0.39, 0.29) is 17.3 Å². The largest absolute Gasteiger partial charge is 0.378 e. The first-order valence-corrected chi connectivity index (χ1v) is 7.19. The summed E-state index contributed by atoms with van der Waals surface area (Å²) in [6, 6.07) is 4.72. The Morgan fingerprint density at radius 2 is 2.35 bits per heavy atom. The molecule has 17 heavy (non-hydrogen) atoms. The maximum Gasteiger partial charge on any atom is 0.126 e. The molecule has 2 rings (SSSR count). The minimum Gasteiger partial charge on any atom is -0.378 e. The van der Waals surface area contributed by atoms with E-state index in [0.29, 0.717) is 17.0 Å². The highest BCUT2D eigenvalue weighted by Gasteiger charge is 2.41. The number of rotatable bonds is 3. The molecule has 1 nitrogen and oxygen atoms in total. The monoisotopic (exact) mass is 320 g/mol. The Balaban J connectivity index is 2.27. The average molecular weight is 322 g/mol. The van der Waals surface area contributed by atoms with Gasteiger partial charge in [-0.3, -0.25) is 0 Å². The van der Waals surface area contributed by atoms with Crippen molar-refractivity contribution in [3.63, 3.8) is 0 Å². The van der Waals surface area contributed by atoms with Gasteiger partial charge in [0.2, 0.25) is 0 Å². The summed E-state index contributed by atoms with van der Waals surface area (Å²) in [6.07, 6.45) is 1.75. The first kappa shape index (κ1) is 13.3. The summed E-state index contributed by atoms with van der Waals surface area (Å²) in [5.74, 6) is -0.186.